The first-order valence-electron chi connectivity index (χ1n) is 8.36. The molecule has 0 amide bonds. The van der Waals surface area contributed by atoms with Crippen LogP contribution in [0.2, 0.25) is 0 Å². The van der Waals surface area contributed by atoms with Gasteiger partial charge in [0.25, 0.3) is 5.56 Å². The van der Waals surface area contributed by atoms with E-state index >= 15 is 0 Å². The van der Waals surface area contributed by atoms with Crippen LogP contribution in [0.3, 0.4) is 0 Å². The van der Waals surface area contributed by atoms with E-state index in [0.29, 0.717) is 27.7 Å². The van der Waals surface area contributed by atoms with Gasteiger partial charge in [0.05, 0.1) is 16.0 Å². The maximum atomic E-state index is 12.8. The summed E-state index contributed by atoms with van der Waals surface area (Å²) in [5.41, 5.74) is 0.923. The van der Waals surface area contributed by atoms with E-state index in [1.807, 2.05) is 20.8 Å². The van der Waals surface area contributed by atoms with Crippen LogP contribution in [0.1, 0.15) is 17.4 Å². The molecule has 0 spiro atoms. The van der Waals surface area contributed by atoms with Gasteiger partial charge in [0.15, 0.2) is 15.0 Å². The number of benzene rings is 1. The Morgan fingerprint density at radius 2 is 1.89 bits per heavy atom. The van der Waals surface area contributed by atoms with E-state index in [0.717, 1.165) is 19.7 Å². The predicted molar refractivity (Wildman–Crippen MR) is 116 cm³/mol. The molecule has 0 aliphatic carbocycles. The molecule has 5 nitrogen and oxygen atoms in total. The third kappa shape index (κ3) is 4.16. The van der Waals surface area contributed by atoms with E-state index in [2.05, 4.69) is 20.9 Å². The number of aromatic nitrogens is 2. The van der Waals surface area contributed by atoms with Gasteiger partial charge in [-0.2, -0.15) is 0 Å². The Labute approximate surface area is 174 Å². The molecule has 0 aliphatic heterocycles. The third-order valence-electron chi connectivity index (χ3n) is 4.33. The Balaban J connectivity index is 1.85. The highest BCUT2D eigenvalue weighted by atomic mass is 79.9. The second-order valence-electron chi connectivity index (χ2n) is 6.03. The topological polar surface area (TPSA) is 69.0 Å². The van der Waals surface area contributed by atoms with Crippen LogP contribution in [0.25, 0.3) is 10.2 Å². The second kappa shape index (κ2) is 8.06. The third-order valence-corrected chi connectivity index (χ3v) is 8.92. The molecule has 1 aromatic carbocycles. The quantitative estimate of drug-likeness (QED) is 0.380. The fourth-order valence-electron chi connectivity index (χ4n) is 2.70. The highest BCUT2D eigenvalue weighted by molar-refractivity contribution is 9.10. The molecule has 0 atom stereocenters. The van der Waals surface area contributed by atoms with Crippen molar-refractivity contribution < 1.29 is 8.42 Å². The summed E-state index contributed by atoms with van der Waals surface area (Å²) in [4.78, 5) is 19.6. The maximum absolute atomic E-state index is 12.8. The first kappa shape index (κ1) is 20.6. The molecule has 9 heteroatoms. The van der Waals surface area contributed by atoms with Crippen molar-refractivity contribution in [1.29, 1.82) is 0 Å². The molecule has 0 unspecified atom stereocenters. The van der Waals surface area contributed by atoms with Crippen molar-refractivity contribution in [3.8, 4) is 0 Å². The number of thiophene rings is 1. The summed E-state index contributed by atoms with van der Waals surface area (Å²) >= 11 is 6.12. The van der Waals surface area contributed by atoms with Crippen molar-refractivity contribution in [2.24, 2.45) is 0 Å². The molecule has 0 aliphatic rings. The van der Waals surface area contributed by atoms with Gasteiger partial charge < -0.3 is 0 Å². The van der Waals surface area contributed by atoms with Crippen LogP contribution in [-0.4, -0.2) is 29.5 Å². The van der Waals surface area contributed by atoms with Crippen LogP contribution in [0, 0.1) is 13.8 Å². The summed E-state index contributed by atoms with van der Waals surface area (Å²) < 4.78 is 27.5. The number of aryl methyl sites for hydroxylation is 2. The molecule has 2 aromatic heterocycles. The van der Waals surface area contributed by atoms with Crippen LogP contribution in [0.5, 0.6) is 0 Å². The van der Waals surface area contributed by atoms with Gasteiger partial charge in [0, 0.05) is 21.6 Å². The summed E-state index contributed by atoms with van der Waals surface area (Å²) in [6.07, 6.45) is 0. The standard InChI is InChI=1S/C18H19BrN2O3S3/c1-4-21-17(22)15-11(2)12(3)26-16(15)20-18(21)25-9-10-27(23,24)14-7-5-13(19)6-8-14/h5-8H,4,9-10H2,1-3H3. The van der Waals surface area contributed by atoms with Crippen molar-refractivity contribution in [3.63, 3.8) is 0 Å². The fraction of sp³-hybridized carbons (Fsp3) is 0.333. The van der Waals surface area contributed by atoms with E-state index < -0.39 is 9.84 Å². The van der Waals surface area contributed by atoms with Crippen LogP contribution in [-0.2, 0) is 16.4 Å². The average molecular weight is 487 g/mol. The first-order chi connectivity index (χ1) is 12.7. The molecule has 0 bridgehead atoms. The Kier molecular flexibility index (Phi) is 6.14. The lowest BCUT2D eigenvalue weighted by molar-refractivity contribution is 0.597. The van der Waals surface area contributed by atoms with Crippen LogP contribution >= 0.6 is 39.0 Å². The van der Waals surface area contributed by atoms with Gasteiger partial charge in [0.2, 0.25) is 0 Å². The number of halogens is 1. The van der Waals surface area contributed by atoms with Crippen LogP contribution in [0.4, 0.5) is 0 Å². The second-order valence-corrected chi connectivity index (χ2v) is 11.3. The lowest BCUT2D eigenvalue weighted by atomic mass is 10.2. The van der Waals surface area contributed by atoms with Crippen molar-refractivity contribution in [3.05, 3.63) is 49.5 Å². The largest absolute Gasteiger partial charge is 0.287 e. The van der Waals surface area contributed by atoms with E-state index in [1.54, 1.807) is 28.8 Å². The van der Waals surface area contributed by atoms with Gasteiger partial charge in [-0.15, -0.1) is 11.3 Å². The summed E-state index contributed by atoms with van der Waals surface area (Å²) in [5.74, 6) is 0.319. The number of sulfone groups is 1. The summed E-state index contributed by atoms with van der Waals surface area (Å²) in [6, 6.07) is 6.61. The first-order valence-corrected chi connectivity index (χ1v) is 12.6. The molecule has 0 fully saturated rings. The summed E-state index contributed by atoms with van der Waals surface area (Å²) in [5, 5.41) is 1.24. The molecular weight excluding hydrogens is 468 g/mol. The zero-order chi connectivity index (χ0) is 19.8. The lowest BCUT2D eigenvalue weighted by Crippen LogP contribution is -2.22. The normalized spacial score (nSPS) is 12.0. The summed E-state index contributed by atoms with van der Waals surface area (Å²) in [7, 11) is -3.38. The van der Waals surface area contributed by atoms with Crippen molar-refractivity contribution in [2.75, 3.05) is 11.5 Å². The zero-order valence-electron chi connectivity index (χ0n) is 15.2. The molecule has 144 valence electrons. The molecule has 2 heterocycles. The van der Waals surface area contributed by atoms with Gasteiger partial charge in [-0.1, -0.05) is 27.7 Å². The number of nitrogens with zero attached hydrogens (tertiary/aromatic N) is 2. The van der Waals surface area contributed by atoms with E-state index in [1.165, 1.54) is 23.1 Å². The smallest absolute Gasteiger partial charge is 0.263 e. The van der Waals surface area contributed by atoms with Crippen molar-refractivity contribution in [1.82, 2.24) is 9.55 Å². The molecular formula is C18H19BrN2O3S3. The minimum atomic E-state index is -3.38. The number of rotatable bonds is 6. The van der Waals surface area contributed by atoms with Crippen molar-refractivity contribution >= 4 is 59.1 Å². The minimum Gasteiger partial charge on any atom is -0.287 e. The number of thioether (sulfide) groups is 1. The van der Waals surface area contributed by atoms with Crippen molar-refractivity contribution in [2.45, 2.75) is 37.4 Å². The van der Waals surface area contributed by atoms with Gasteiger partial charge in [-0.3, -0.25) is 9.36 Å². The Morgan fingerprint density at radius 1 is 1.22 bits per heavy atom. The monoisotopic (exact) mass is 486 g/mol. The maximum Gasteiger partial charge on any atom is 0.263 e. The number of hydrogen-bond acceptors (Lipinski definition) is 6. The lowest BCUT2D eigenvalue weighted by Gasteiger charge is -2.10. The van der Waals surface area contributed by atoms with E-state index in [-0.39, 0.29) is 11.3 Å². The minimum absolute atomic E-state index is 0.0145. The molecule has 0 N–H and O–H groups in total. The Bertz CT molecular complexity index is 1150. The van der Waals surface area contributed by atoms with E-state index in [4.69, 9.17) is 0 Å². The predicted octanol–water partition coefficient (Wildman–Crippen LogP) is 4.42. The van der Waals surface area contributed by atoms with Crippen LogP contribution < -0.4 is 5.56 Å². The Hall–Kier alpha value is -1.16. The average Bonchev–Trinajstić information content (AvgIpc) is 2.89. The van der Waals surface area contributed by atoms with Gasteiger partial charge in [-0.25, -0.2) is 13.4 Å². The molecule has 0 radical (unpaired) electrons. The fourth-order valence-corrected chi connectivity index (χ4v) is 6.75. The van der Waals surface area contributed by atoms with Crippen LogP contribution in [0.15, 0.2) is 43.6 Å². The molecule has 27 heavy (non-hydrogen) atoms. The SMILES string of the molecule is CCn1c(SCCS(=O)(=O)c2ccc(Br)cc2)nc2sc(C)c(C)c2c1=O. The van der Waals surface area contributed by atoms with Gasteiger partial charge >= 0.3 is 0 Å². The number of fused-ring (bicyclic) bond motifs is 1. The highest BCUT2D eigenvalue weighted by Crippen LogP contribution is 2.28. The molecule has 0 saturated heterocycles. The van der Waals surface area contributed by atoms with Gasteiger partial charge in [0.1, 0.15) is 4.83 Å². The van der Waals surface area contributed by atoms with E-state index in [9.17, 15) is 13.2 Å². The highest BCUT2D eigenvalue weighted by Gasteiger charge is 2.18. The van der Waals surface area contributed by atoms with Gasteiger partial charge in [-0.05, 0) is 50.6 Å². The molecule has 3 rings (SSSR count). The molecule has 0 saturated carbocycles. The Morgan fingerprint density at radius 3 is 2.52 bits per heavy atom. The number of hydrogen-bond donors (Lipinski definition) is 0. The summed E-state index contributed by atoms with van der Waals surface area (Å²) in [6.45, 7) is 6.31. The molecule has 3 aromatic rings. The zero-order valence-corrected chi connectivity index (χ0v) is 19.2.